The molecule has 5 nitrogen and oxygen atoms in total. The molecule has 4 rings (SSSR count). The number of carbonyl (C=O) groups excluding carboxylic acids is 1. The zero-order valence-electron chi connectivity index (χ0n) is 21.6. The van der Waals surface area contributed by atoms with Gasteiger partial charge in [0.2, 0.25) is 5.91 Å². The highest BCUT2D eigenvalue weighted by Gasteiger charge is 2.10. The van der Waals surface area contributed by atoms with Gasteiger partial charge >= 0.3 is 0 Å². The number of para-hydroxylation sites is 2. The van der Waals surface area contributed by atoms with E-state index in [-0.39, 0.29) is 5.91 Å². The Balaban J connectivity index is 1.19. The van der Waals surface area contributed by atoms with Gasteiger partial charge in [-0.3, -0.25) is 4.79 Å². The number of aryl methyl sites for hydroxylation is 3. The summed E-state index contributed by atoms with van der Waals surface area (Å²) in [6, 6.07) is 24.0. The van der Waals surface area contributed by atoms with Crippen LogP contribution in [0, 0.1) is 6.92 Å². The minimum Gasteiger partial charge on any atom is -0.494 e. The molecular weight excluding hydrogens is 482 g/mol. The monoisotopic (exact) mass is 517 g/mol. The minimum absolute atomic E-state index is 0.0514. The molecule has 0 saturated carbocycles. The summed E-state index contributed by atoms with van der Waals surface area (Å²) < 4.78 is 8.29. The number of nitrogens with zero attached hydrogens (tertiary/aromatic N) is 2. The Hall–Kier alpha value is -3.31. The summed E-state index contributed by atoms with van der Waals surface area (Å²) >= 11 is 5.91. The molecule has 3 aromatic carbocycles. The molecule has 1 aromatic heterocycles. The molecule has 0 spiro atoms. The normalized spacial score (nSPS) is 11.1. The van der Waals surface area contributed by atoms with Crippen LogP contribution in [0.2, 0.25) is 5.02 Å². The fourth-order valence-corrected chi connectivity index (χ4v) is 4.62. The summed E-state index contributed by atoms with van der Waals surface area (Å²) in [6.07, 6.45) is 6.42. The van der Waals surface area contributed by atoms with Gasteiger partial charge in [-0.25, -0.2) is 4.98 Å². The Morgan fingerprint density at radius 3 is 2.62 bits per heavy atom. The van der Waals surface area contributed by atoms with Gasteiger partial charge in [-0.15, -0.1) is 0 Å². The van der Waals surface area contributed by atoms with Gasteiger partial charge < -0.3 is 14.6 Å². The van der Waals surface area contributed by atoms with Crippen LogP contribution in [-0.2, 0) is 24.2 Å². The SMILES string of the molecule is Cc1cccc(OCCCCn2c(CCCCCNC(=O)Cc3ccc(Cl)cc3)nc3ccccc32)c1. The van der Waals surface area contributed by atoms with E-state index in [4.69, 9.17) is 21.3 Å². The fourth-order valence-electron chi connectivity index (χ4n) is 4.50. The van der Waals surface area contributed by atoms with Crippen molar-refractivity contribution < 1.29 is 9.53 Å². The van der Waals surface area contributed by atoms with Gasteiger partial charge in [-0.2, -0.15) is 0 Å². The topological polar surface area (TPSA) is 56.1 Å². The van der Waals surface area contributed by atoms with E-state index in [2.05, 4.69) is 47.1 Å². The summed E-state index contributed by atoms with van der Waals surface area (Å²) in [6.45, 7) is 4.43. The number of hydrogen-bond donors (Lipinski definition) is 1. The molecule has 194 valence electrons. The highest BCUT2D eigenvalue weighted by Crippen LogP contribution is 2.19. The third-order valence-electron chi connectivity index (χ3n) is 6.45. The number of benzene rings is 3. The average molecular weight is 518 g/mol. The molecule has 0 aliphatic carbocycles. The third kappa shape index (κ3) is 8.36. The van der Waals surface area contributed by atoms with E-state index in [0.29, 0.717) is 18.0 Å². The van der Waals surface area contributed by atoms with Crippen LogP contribution in [0.15, 0.2) is 72.8 Å². The van der Waals surface area contributed by atoms with E-state index in [9.17, 15) is 4.79 Å². The zero-order chi connectivity index (χ0) is 25.9. The van der Waals surface area contributed by atoms with E-state index in [1.165, 1.54) is 11.1 Å². The van der Waals surface area contributed by atoms with E-state index >= 15 is 0 Å². The highest BCUT2D eigenvalue weighted by atomic mass is 35.5. The van der Waals surface area contributed by atoms with Crippen LogP contribution in [0.4, 0.5) is 0 Å². The smallest absolute Gasteiger partial charge is 0.224 e. The molecule has 0 unspecified atom stereocenters. The van der Waals surface area contributed by atoms with Crippen molar-refractivity contribution in [2.45, 2.75) is 58.4 Å². The molecule has 0 fully saturated rings. The molecule has 0 aliphatic heterocycles. The summed E-state index contributed by atoms with van der Waals surface area (Å²) in [4.78, 5) is 17.1. The molecular formula is C31H36ClN3O2. The molecule has 1 N–H and O–H groups in total. The molecule has 0 bridgehead atoms. The summed E-state index contributed by atoms with van der Waals surface area (Å²) in [5.74, 6) is 2.14. The number of amides is 1. The standard InChI is InChI=1S/C31H36ClN3O2/c1-24-10-9-11-27(22-24)37-21-8-7-20-35-29-13-5-4-12-28(29)34-30(35)14-3-2-6-19-33-31(36)23-25-15-17-26(32)18-16-25/h4-5,9-13,15-18,22H,2-3,6-8,14,19-21,23H2,1H3,(H,33,36). The lowest BCUT2D eigenvalue weighted by molar-refractivity contribution is -0.120. The summed E-state index contributed by atoms with van der Waals surface area (Å²) in [5, 5.41) is 3.71. The molecule has 0 aliphatic rings. The second-order valence-electron chi connectivity index (χ2n) is 9.50. The van der Waals surface area contributed by atoms with Crippen LogP contribution in [0.25, 0.3) is 11.0 Å². The van der Waals surface area contributed by atoms with Crippen molar-refractivity contribution in [1.29, 1.82) is 0 Å². The van der Waals surface area contributed by atoms with E-state index in [0.717, 1.165) is 74.3 Å². The number of imidazole rings is 1. The second kappa shape index (κ2) is 13.8. The van der Waals surface area contributed by atoms with Crippen molar-refractivity contribution in [3.05, 3.63) is 94.8 Å². The maximum absolute atomic E-state index is 12.2. The number of aromatic nitrogens is 2. The average Bonchev–Trinajstić information content (AvgIpc) is 3.24. The Morgan fingerprint density at radius 2 is 1.78 bits per heavy atom. The molecule has 6 heteroatoms. The van der Waals surface area contributed by atoms with Crippen LogP contribution in [-0.4, -0.2) is 28.6 Å². The predicted molar refractivity (Wildman–Crippen MR) is 151 cm³/mol. The molecule has 37 heavy (non-hydrogen) atoms. The van der Waals surface area contributed by atoms with Crippen molar-refractivity contribution in [1.82, 2.24) is 14.9 Å². The fraction of sp³-hybridized carbons (Fsp3) is 0.355. The summed E-state index contributed by atoms with van der Waals surface area (Å²) in [7, 11) is 0. The number of fused-ring (bicyclic) bond motifs is 1. The van der Waals surface area contributed by atoms with E-state index < -0.39 is 0 Å². The first-order chi connectivity index (χ1) is 18.1. The summed E-state index contributed by atoms with van der Waals surface area (Å²) in [5.41, 5.74) is 4.45. The lowest BCUT2D eigenvalue weighted by Crippen LogP contribution is -2.26. The number of unbranched alkanes of at least 4 members (excludes halogenated alkanes) is 3. The van der Waals surface area contributed by atoms with Gasteiger partial charge in [0, 0.05) is 24.5 Å². The molecule has 0 saturated heterocycles. The van der Waals surface area contributed by atoms with Crippen LogP contribution in [0.3, 0.4) is 0 Å². The van der Waals surface area contributed by atoms with Gasteiger partial charge in [-0.05, 0) is 80.1 Å². The number of hydrogen-bond acceptors (Lipinski definition) is 3. The number of ether oxygens (including phenoxy) is 1. The first-order valence-corrected chi connectivity index (χ1v) is 13.6. The molecule has 0 atom stereocenters. The number of halogens is 1. The van der Waals surface area contributed by atoms with Gasteiger partial charge in [-0.1, -0.05) is 54.4 Å². The number of nitrogens with one attached hydrogen (secondary N) is 1. The lowest BCUT2D eigenvalue weighted by atomic mass is 10.1. The second-order valence-corrected chi connectivity index (χ2v) is 9.94. The van der Waals surface area contributed by atoms with Crippen molar-refractivity contribution >= 4 is 28.5 Å². The van der Waals surface area contributed by atoms with Crippen LogP contribution < -0.4 is 10.1 Å². The maximum Gasteiger partial charge on any atom is 0.224 e. The van der Waals surface area contributed by atoms with Gasteiger partial charge in [0.1, 0.15) is 11.6 Å². The molecule has 4 aromatic rings. The van der Waals surface area contributed by atoms with Crippen LogP contribution in [0.5, 0.6) is 5.75 Å². The largest absolute Gasteiger partial charge is 0.494 e. The molecule has 1 heterocycles. The van der Waals surface area contributed by atoms with Crippen molar-refractivity contribution in [3.8, 4) is 5.75 Å². The highest BCUT2D eigenvalue weighted by molar-refractivity contribution is 6.30. The first-order valence-electron chi connectivity index (χ1n) is 13.2. The van der Waals surface area contributed by atoms with Gasteiger partial charge in [0.05, 0.1) is 24.1 Å². The van der Waals surface area contributed by atoms with E-state index in [1.54, 1.807) is 0 Å². The Morgan fingerprint density at radius 1 is 0.946 bits per heavy atom. The zero-order valence-corrected chi connectivity index (χ0v) is 22.3. The Labute approximate surface area is 224 Å². The van der Waals surface area contributed by atoms with Crippen molar-refractivity contribution in [2.75, 3.05) is 13.2 Å². The van der Waals surface area contributed by atoms with Crippen LogP contribution >= 0.6 is 11.6 Å². The quantitative estimate of drug-likeness (QED) is 0.184. The molecule has 1 amide bonds. The lowest BCUT2D eigenvalue weighted by Gasteiger charge is -2.11. The van der Waals surface area contributed by atoms with Crippen LogP contribution in [0.1, 0.15) is 49.1 Å². The number of rotatable bonds is 14. The third-order valence-corrected chi connectivity index (χ3v) is 6.70. The minimum atomic E-state index is 0.0514. The molecule has 0 radical (unpaired) electrons. The Bertz CT molecular complexity index is 1280. The van der Waals surface area contributed by atoms with Crippen molar-refractivity contribution in [2.24, 2.45) is 0 Å². The predicted octanol–water partition coefficient (Wildman–Crippen LogP) is 6.93. The van der Waals surface area contributed by atoms with Gasteiger partial charge in [0.25, 0.3) is 0 Å². The maximum atomic E-state index is 12.2. The van der Waals surface area contributed by atoms with Gasteiger partial charge in [0.15, 0.2) is 0 Å². The Kier molecular flexibility index (Phi) is 10.0. The number of carbonyl (C=O) groups is 1. The first kappa shape index (κ1) is 26.7. The van der Waals surface area contributed by atoms with Crippen molar-refractivity contribution in [3.63, 3.8) is 0 Å². The van der Waals surface area contributed by atoms with E-state index in [1.807, 2.05) is 42.5 Å².